The van der Waals surface area contributed by atoms with E-state index in [-0.39, 0.29) is 0 Å². The van der Waals surface area contributed by atoms with Gasteiger partial charge in [-0.15, -0.1) is 0 Å². The largest absolute Gasteiger partial charge is 0.456 e. The summed E-state index contributed by atoms with van der Waals surface area (Å²) in [6.45, 7) is 0. The lowest BCUT2D eigenvalue weighted by molar-refractivity contribution is 0.669. The first-order valence-electron chi connectivity index (χ1n) is 21.8. The van der Waals surface area contributed by atoms with Gasteiger partial charge in [0, 0.05) is 32.9 Å². The summed E-state index contributed by atoms with van der Waals surface area (Å²) in [5, 5.41) is 16.4. The fraction of sp³-hybridized carbons (Fsp3) is 0. The fourth-order valence-electron chi connectivity index (χ4n) is 10.6. The van der Waals surface area contributed by atoms with Crippen LogP contribution in [0.15, 0.2) is 227 Å². The van der Waals surface area contributed by atoms with Gasteiger partial charge in [-0.3, -0.25) is 0 Å². The number of benzene rings is 12. The van der Waals surface area contributed by atoms with Crippen molar-refractivity contribution in [2.24, 2.45) is 0 Å². The highest BCUT2D eigenvalue weighted by Gasteiger charge is 2.26. The molecule has 4 nitrogen and oxygen atoms in total. The third-order valence-electron chi connectivity index (χ3n) is 13.3. The average Bonchev–Trinajstić information content (AvgIpc) is 3.95. The van der Waals surface area contributed by atoms with Crippen LogP contribution in [0.2, 0.25) is 0 Å². The van der Waals surface area contributed by atoms with Gasteiger partial charge in [0.1, 0.15) is 22.3 Å². The zero-order valence-corrected chi connectivity index (χ0v) is 34.5. The first-order valence-corrected chi connectivity index (χ1v) is 21.8. The molecule has 0 saturated carbocycles. The van der Waals surface area contributed by atoms with Crippen molar-refractivity contribution in [1.29, 1.82) is 0 Å². The molecule has 0 bridgehead atoms. The predicted molar refractivity (Wildman–Crippen MR) is 269 cm³/mol. The number of hydrogen-bond donors (Lipinski definition) is 0. The maximum absolute atomic E-state index is 6.64. The highest BCUT2D eigenvalue weighted by atomic mass is 16.3. The molecule has 0 amide bonds. The molecular formula is C60H36N2O2. The van der Waals surface area contributed by atoms with E-state index < -0.39 is 0 Å². The maximum atomic E-state index is 6.64. The molecule has 0 aliphatic rings. The van der Waals surface area contributed by atoms with Crippen molar-refractivity contribution in [3.05, 3.63) is 218 Å². The summed E-state index contributed by atoms with van der Waals surface area (Å²) in [6, 6.07) is 78.5. The molecule has 2 heterocycles. The zero-order chi connectivity index (χ0) is 41.9. The SMILES string of the molecule is c1ccc(N(c2ccc3ccc4c(N(c5ccccc5)c5cccc6oc7ccc8ccccc8c7c56)ccc5ccc2c3c54)c2cccc3oc4ccc5ccccc5c4c23)cc1. The van der Waals surface area contributed by atoms with Crippen molar-refractivity contribution in [2.75, 3.05) is 9.80 Å². The van der Waals surface area contributed by atoms with Gasteiger partial charge in [-0.25, -0.2) is 0 Å². The number of nitrogens with zero attached hydrogens (tertiary/aromatic N) is 2. The van der Waals surface area contributed by atoms with Crippen LogP contribution in [-0.2, 0) is 0 Å². The molecule has 2 aromatic heterocycles. The second kappa shape index (κ2) is 13.4. The molecule has 0 atom stereocenters. The molecule has 12 aromatic carbocycles. The topological polar surface area (TPSA) is 32.8 Å². The Morgan fingerprint density at radius 2 is 0.609 bits per heavy atom. The van der Waals surface area contributed by atoms with E-state index in [4.69, 9.17) is 8.83 Å². The summed E-state index contributed by atoms with van der Waals surface area (Å²) in [5.74, 6) is 0. The number of fused-ring (bicyclic) bond motifs is 10. The van der Waals surface area contributed by atoms with Crippen LogP contribution in [0.1, 0.15) is 0 Å². The molecular weight excluding hydrogens is 781 g/mol. The van der Waals surface area contributed by atoms with Crippen LogP contribution in [0, 0.1) is 0 Å². The lowest BCUT2D eigenvalue weighted by atomic mass is 9.91. The molecule has 4 heteroatoms. The third kappa shape index (κ3) is 4.99. The van der Waals surface area contributed by atoms with Crippen molar-refractivity contribution in [2.45, 2.75) is 0 Å². The van der Waals surface area contributed by atoms with Crippen LogP contribution in [0.25, 0.3) is 97.7 Å². The van der Waals surface area contributed by atoms with E-state index in [1.54, 1.807) is 0 Å². The summed E-state index contributed by atoms with van der Waals surface area (Å²) >= 11 is 0. The summed E-state index contributed by atoms with van der Waals surface area (Å²) < 4.78 is 13.3. The quantitative estimate of drug-likeness (QED) is 0.157. The molecule has 0 aliphatic carbocycles. The number of furan rings is 2. The van der Waals surface area contributed by atoms with Gasteiger partial charge in [-0.1, -0.05) is 146 Å². The standard InChI is InChI=1S/C60H36N2O2/c1-3-15-41(16-4-1)61(49-21-11-23-51-59(49)57-43-19-9-7-13-37(43)29-35-53(57)63-51)47-33-27-39-26-32-46-48(34-28-40-25-31-45(47)55(39)56(40)46)62(42-17-5-2-6-18-42)50-22-12-24-52-60(50)58-44-20-10-8-14-38(44)30-36-54(58)64-52/h1-36H. The van der Waals surface area contributed by atoms with Gasteiger partial charge < -0.3 is 18.6 Å². The molecule has 14 aromatic rings. The molecule has 64 heavy (non-hydrogen) atoms. The van der Waals surface area contributed by atoms with E-state index >= 15 is 0 Å². The van der Waals surface area contributed by atoms with Crippen molar-refractivity contribution < 1.29 is 8.83 Å². The summed E-state index contributed by atoms with van der Waals surface area (Å²) in [4.78, 5) is 4.86. The van der Waals surface area contributed by atoms with Gasteiger partial charge in [-0.2, -0.15) is 0 Å². The fourth-order valence-corrected chi connectivity index (χ4v) is 10.6. The molecule has 0 aliphatic heterocycles. The van der Waals surface area contributed by atoms with Crippen LogP contribution in [0.3, 0.4) is 0 Å². The summed E-state index contributed by atoms with van der Waals surface area (Å²) in [7, 11) is 0. The van der Waals surface area contributed by atoms with Crippen LogP contribution in [0.4, 0.5) is 34.1 Å². The summed E-state index contributed by atoms with van der Waals surface area (Å²) in [6.07, 6.45) is 0. The highest BCUT2D eigenvalue weighted by Crippen LogP contribution is 2.51. The molecule has 0 unspecified atom stereocenters. The van der Waals surface area contributed by atoms with E-state index in [1.165, 1.54) is 53.9 Å². The van der Waals surface area contributed by atoms with Crippen LogP contribution < -0.4 is 9.80 Å². The minimum atomic E-state index is 0.863. The lowest BCUT2D eigenvalue weighted by Crippen LogP contribution is -2.12. The van der Waals surface area contributed by atoms with Crippen molar-refractivity contribution in [3.63, 3.8) is 0 Å². The molecule has 0 N–H and O–H groups in total. The van der Waals surface area contributed by atoms with Crippen LogP contribution in [0.5, 0.6) is 0 Å². The van der Waals surface area contributed by atoms with E-state index in [2.05, 4.69) is 228 Å². The Bertz CT molecular complexity index is 3880. The molecule has 298 valence electrons. The minimum Gasteiger partial charge on any atom is -0.456 e. The highest BCUT2D eigenvalue weighted by molar-refractivity contribution is 6.30. The first-order chi connectivity index (χ1) is 31.8. The van der Waals surface area contributed by atoms with Crippen molar-refractivity contribution in [1.82, 2.24) is 0 Å². The van der Waals surface area contributed by atoms with Gasteiger partial charge in [0.15, 0.2) is 0 Å². The molecule has 0 spiro atoms. The Hall–Kier alpha value is -8.60. The Morgan fingerprint density at radius 1 is 0.219 bits per heavy atom. The Balaban J connectivity index is 1.05. The average molecular weight is 817 g/mol. The lowest BCUT2D eigenvalue weighted by Gasteiger charge is -2.30. The van der Waals surface area contributed by atoms with Gasteiger partial charge >= 0.3 is 0 Å². The number of para-hydroxylation sites is 2. The predicted octanol–water partition coefficient (Wildman–Crippen LogP) is 17.6. The molecule has 0 saturated heterocycles. The van der Waals surface area contributed by atoms with Gasteiger partial charge in [0.25, 0.3) is 0 Å². The number of hydrogen-bond acceptors (Lipinski definition) is 4. The zero-order valence-electron chi connectivity index (χ0n) is 34.5. The number of anilines is 6. The van der Waals surface area contributed by atoms with Crippen LogP contribution >= 0.6 is 0 Å². The Labute approximate surface area is 367 Å². The van der Waals surface area contributed by atoms with Gasteiger partial charge in [0.2, 0.25) is 0 Å². The smallest absolute Gasteiger partial charge is 0.137 e. The normalized spacial score (nSPS) is 12.1. The minimum absolute atomic E-state index is 0.863. The first kappa shape index (κ1) is 35.0. The maximum Gasteiger partial charge on any atom is 0.137 e. The molecule has 0 fully saturated rings. The van der Waals surface area contributed by atoms with Gasteiger partial charge in [-0.05, 0) is 116 Å². The second-order valence-electron chi connectivity index (χ2n) is 16.8. The van der Waals surface area contributed by atoms with E-state index in [1.807, 2.05) is 0 Å². The molecule has 0 radical (unpaired) electrons. The van der Waals surface area contributed by atoms with Crippen molar-refractivity contribution in [3.8, 4) is 0 Å². The number of rotatable bonds is 6. The van der Waals surface area contributed by atoms with Gasteiger partial charge in [0.05, 0.1) is 33.5 Å². The summed E-state index contributed by atoms with van der Waals surface area (Å²) in [5.41, 5.74) is 9.97. The Morgan fingerprint density at radius 3 is 1.08 bits per heavy atom. The third-order valence-corrected chi connectivity index (χ3v) is 13.3. The Kier molecular flexibility index (Phi) is 7.36. The van der Waals surface area contributed by atoms with E-state index in [0.717, 1.165) is 78.0 Å². The van der Waals surface area contributed by atoms with Crippen LogP contribution in [-0.4, -0.2) is 0 Å². The van der Waals surface area contributed by atoms with E-state index in [0.29, 0.717) is 0 Å². The second-order valence-corrected chi connectivity index (χ2v) is 16.8. The van der Waals surface area contributed by atoms with Crippen molar-refractivity contribution >= 4 is 132 Å². The van der Waals surface area contributed by atoms with E-state index in [9.17, 15) is 0 Å². The molecule has 14 rings (SSSR count). The monoisotopic (exact) mass is 816 g/mol.